The third-order valence-electron chi connectivity index (χ3n) is 10.7. The predicted octanol–water partition coefficient (Wildman–Crippen LogP) is 13.6. The molecular weight excluding hydrogens is 629 g/mol. The van der Waals surface area contributed by atoms with Crippen LogP contribution in [0.5, 0.6) is 0 Å². The van der Waals surface area contributed by atoms with E-state index in [1.165, 1.54) is 65.7 Å². The van der Waals surface area contributed by atoms with Gasteiger partial charge in [-0.25, -0.2) is 0 Å². The van der Waals surface area contributed by atoms with Crippen molar-refractivity contribution >= 4 is 32.3 Å². The molecule has 0 aliphatic rings. The van der Waals surface area contributed by atoms with Gasteiger partial charge in [0, 0.05) is 0 Å². The number of hydrogen-bond donors (Lipinski definition) is 0. The van der Waals surface area contributed by atoms with Gasteiger partial charge in [0.2, 0.25) is 0 Å². The average Bonchev–Trinajstić information content (AvgIpc) is 3.16. The van der Waals surface area contributed by atoms with Crippen LogP contribution in [0.15, 0.2) is 133 Å². The Labute approximate surface area is 306 Å². The van der Waals surface area contributed by atoms with Crippen molar-refractivity contribution in [1.82, 2.24) is 0 Å². The van der Waals surface area contributed by atoms with Crippen LogP contribution >= 0.6 is 0 Å². The van der Waals surface area contributed by atoms with E-state index in [9.17, 15) is 10.5 Å². The predicted molar refractivity (Wildman–Crippen MR) is 219 cm³/mol. The van der Waals surface area contributed by atoms with Crippen LogP contribution in [-0.2, 0) is 10.8 Å². The first-order valence-corrected chi connectivity index (χ1v) is 18.0. The first-order chi connectivity index (χ1) is 24.9. The van der Waals surface area contributed by atoms with Gasteiger partial charge in [-0.15, -0.1) is 0 Å². The summed E-state index contributed by atoms with van der Waals surface area (Å²) >= 11 is 0. The van der Waals surface area contributed by atoms with Crippen molar-refractivity contribution in [2.24, 2.45) is 0 Å². The number of benzene rings is 8. The maximum absolute atomic E-state index is 9.59. The summed E-state index contributed by atoms with van der Waals surface area (Å²) in [5.74, 6) is 0. The molecule has 250 valence electrons. The zero-order valence-electron chi connectivity index (χ0n) is 30.6. The summed E-state index contributed by atoms with van der Waals surface area (Å²) in [5, 5.41) is 26.4. The Balaban J connectivity index is 1.50. The van der Waals surface area contributed by atoms with E-state index in [1.807, 2.05) is 24.3 Å². The van der Waals surface area contributed by atoms with Crippen molar-refractivity contribution in [2.45, 2.75) is 52.4 Å². The van der Waals surface area contributed by atoms with Gasteiger partial charge < -0.3 is 0 Å². The van der Waals surface area contributed by atoms with Crippen molar-refractivity contribution in [1.29, 1.82) is 10.5 Å². The second kappa shape index (κ2) is 12.2. The third kappa shape index (κ3) is 5.58. The molecule has 0 unspecified atom stereocenters. The van der Waals surface area contributed by atoms with E-state index in [2.05, 4.69) is 163 Å². The van der Waals surface area contributed by atoms with Crippen molar-refractivity contribution in [3.63, 3.8) is 0 Å². The summed E-state index contributed by atoms with van der Waals surface area (Å²) in [5.41, 5.74) is 13.1. The minimum Gasteiger partial charge on any atom is -0.192 e. The quantitative estimate of drug-likeness (QED) is 0.175. The van der Waals surface area contributed by atoms with E-state index in [0.717, 1.165) is 22.3 Å². The third-order valence-corrected chi connectivity index (χ3v) is 10.7. The molecule has 0 fully saturated rings. The minimum absolute atomic E-state index is 0.0537. The van der Waals surface area contributed by atoms with E-state index in [0.29, 0.717) is 11.1 Å². The van der Waals surface area contributed by atoms with Crippen molar-refractivity contribution in [2.75, 3.05) is 0 Å². The van der Waals surface area contributed by atoms with Crippen LogP contribution in [0.3, 0.4) is 0 Å². The van der Waals surface area contributed by atoms with E-state index in [-0.39, 0.29) is 10.8 Å². The van der Waals surface area contributed by atoms with Gasteiger partial charge in [-0.1, -0.05) is 139 Å². The molecule has 0 atom stereocenters. The molecule has 8 aromatic rings. The van der Waals surface area contributed by atoms with E-state index >= 15 is 0 Å². The zero-order chi connectivity index (χ0) is 36.4. The molecule has 0 N–H and O–H groups in total. The fraction of sp³-hybridized carbons (Fsp3) is 0.160. The Kier molecular flexibility index (Phi) is 7.75. The smallest absolute Gasteiger partial charge is 0.0991 e. The molecule has 2 heteroatoms. The van der Waals surface area contributed by atoms with Crippen LogP contribution in [0.25, 0.3) is 76.8 Å². The lowest BCUT2D eigenvalue weighted by Gasteiger charge is -2.23. The highest BCUT2D eigenvalue weighted by Crippen LogP contribution is 2.48. The monoisotopic (exact) mass is 668 g/mol. The Bertz CT molecular complexity index is 2510. The van der Waals surface area contributed by atoms with Gasteiger partial charge in [0.1, 0.15) is 0 Å². The van der Waals surface area contributed by atoms with E-state index < -0.39 is 0 Å². The second-order valence-electron chi connectivity index (χ2n) is 16.0. The molecule has 0 bridgehead atoms. The Hall–Kier alpha value is -6.22. The minimum atomic E-state index is 0.0537. The lowest BCUT2D eigenvalue weighted by molar-refractivity contribution is 0.590. The molecule has 0 heterocycles. The molecule has 0 saturated heterocycles. The summed E-state index contributed by atoms with van der Waals surface area (Å²) in [6.45, 7) is 13.5. The van der Waals surface area contributed by atoms with Crippen LogP contribution in [0, 0.1) is 22.7 Å². The normalized spacial score (nSPS) is 12.0. The highest BCUT2D eigenvalue weighted by Gasteiger charge is 2.22. The molecule has 0 spiro atoms. The highest BCUT2D eigenvalue weighted by molar-refractivity contribution is 6.31. The Morgan fingerprint density at radius 2 is 0.596 bits per heavy atom. The van der Waals surface area contributed by atoms with Gasteiger partial charge in [0.05, 0.1) is 23.3 Å². The summed E-state index contributed by atoms with van der Waals surface area (Å²) < 4.78 is 0. The van der Waals surface area contributed by atoms with Crippen molar-refractivity contribution in [3.8, 4) is 56.6 Å². The van der Waals surface area contributed by atoms with Crippen LogP contribution in [-0.4, -0.2) is 0 Å². The SMILES string of the molecule is CC(C)(C)c1ccc(-c2cc(-c3ccc(C#N)cc3)c3ccc4c(-c5ccc(C(C)(C)C)cc5)cc(-c5ccc(C#N)cc5)c5ccc2c3c54)cc1. The largest absolute Gasteiger partial charge is 0.192 e. The van der Waals surface area contributed by atoms with Crippen molar-refractivity contribution < 1.29 is 0 Å². The number of rotatable bonds is 4. The molecular formula is C50H40N2. The fourth-order valence-corrected chi connectivity index (χ4v) is 7.70. The average molecular weight is 669 g/mol. The molecule has 2 nitrogen and oxygen atoms in total. The molecule has 52 heavy (non-hydrogen) atoms. The lowest BCUT2D eigenvalue weighted by atomic mass is 9.81. The fourth-order valence-electron chi connectivity index (χ4n) is 7.70. The van der Waals surface area contributed by atoms with Gasteiger partial charge >= 0.3 is 0 Å². The second-order valence-corrected chi connectivity index (χ2v) is 16.0. The van der Waals surface area contributed by atoms with Gasteiger partial charge in [-0.05, 0) is 135 Å². The standard InChI is InChI=1S/C50H40N2/c1-49(2,3)37-19-15-35(16-20-37)45-27-43(33-11-7-31(29-51)8-12-33)39-24-26-42-46(36-17-21-38(22-18-36)50(4,5)6)28-44(34-13-9-32(30-52)10-14-34)40-23-25-41(45)47(39)48(40)42/h7-28H,1-6H3. The molecule has 0 amide bonds. The first-order valence-electron chi connectivity index (χ1n) is 18.0. The highest BCUT2D eigenvalue weighted by atomic mass is 14.3. The number of hydrogen-bond acceptors (Lipinski definition) is 2. The Morgan fingerprint density at radius 1 is 0.346 bits per heavy atom. The van der Waals surface area contributed by atoms with Crippen LogP contribution in [0.4, 0.5) is 0 Å². The van der Waals surface area contributed by atoms with Gasteiger partial charge in [-0.3, -0.25) is 0 Å². The van der Waals surface area contributed by atoms with E-state index in [4.69, 9.17) is 0 Å². The first kappa shape index (κ1) is 33.0. The number of nitriles is 2. The Morgan fingerprint density at radius 3 is 0.827 bits per heavy atom. The van der Waals surface area contributed by atoms with Gasteiger partial charge in [-0.2, -0.15) is 10.5 Å². The summed E-state index contributed by atoms with van der Waals surface area (Å²) in [7, 11) is 0. The lowest BCUT2D eigenvalue weighted by Crippen LogP contribution is -2.10. The maximum Gasteiger partial charge on any atom is 0.0991 e. The molecule has 0 aromatic heterocycles. The number of nitrogens with zero attached hydrogens (tertiary/aromatic N) is 2. The summed E-state index contributed by atoms with van der Waals surface area (Å²) in [4.78, 5) is 0. The summed E-state index contributed by atoms with van der Waals surface area (Å²) in [6.07, 6.45) is 0. The van der Waals surface area contributed by atoms with Crippen molar-refractivity contribution in [3.05, 3.63) is 156 Å². The topological polar surface area (TPSA) is 47.6 Å². The van der Waals surface area contributed by atoms with Gasteiger partial charge in [0.25, 0.3) is 0 Å². The molecule has 0 radical (unpaired) electrons. The van der Waals surface area contributed by atoms with E-state index in [1.54, 1.807) is 0 Å². The molecule has 8 rings (SSSR count). The van der Waals surface area contributed by atoms with Crippen LogP contribution in [0.1, 0.15) is 63.8 Å². The molecule has 8 aromatic carbocycles. The zero-order valence-corrected chi connectivity index (χ0v) is 30.6. The van der Waals surface area contributed by atoms with Crippen LogP contribution in [0.2, 0.25) is 0 Å². The molecule has 0 saturated carbocycles. The van der Waals surface area contributed by atoms with Crippen LogP contribution < -0.4 is 0 Å². The molecule has 0 aliphatic carbocycles. The summed E-state index contributed by atoms with van der Waals surface area (Å²) in [6, 6.07) is 52.4. The molecule has 0 aliphatic heterocycles. The maximum atomic E-state index is 9.59. The van der Waals surface area contributed by atoms with Gasteiger partial charge in [0.15, 0.2) is 0 Å².